The Bertz CT molecular complexity index is 734. The number of fused-ring (bicyclic) bond motifs is 1. The maximum Gasteiger partial charge on any atom is 0.146 e. The minimum Gasteiger partial charge on any atom is -0.494 e. The Morgan fingerprint density at radius 1 is 1.33 bits per heavy atom. The number of hydrogen-bond donors (Lipinski definition) is 0. The average molecular weight is 321 g/mol. The molecule has 0 aliphatic heterocycles. The van der Waals surface area contributed by atoms with Gasteiger partial charge in [-0.1, -0.05) is 12.1 Å². The zero-order chi connectivity index (χ0) is 14.8. The molecule has 5 heteroatoms. The summed E-state index contributed by atoms with van der Waals surface area (Å²) in [6, 6.07) is 10.2. The number of nitrogens with zero attached hydrogens (tertiary/aromatic N) is 2. The smallest absolute Gasteiger partial charge is 0.146 e. The van der Waals surface area contributed by atoms with Crippen LogP contribution in [0.4, 0.5) is 0 Å². The molecule has 1 aromatic carbocycles. The monoisotopic (exact) mass is 320 g/mol. The minimum absolute atomic E-state index is 0.134. The summed E-state index contributed by atoms with van der Waals surface area (Å²) in [5.74, 6) is 1.69. The largest absolute Gasteiger partial charge is 0.494 e. The van der Waals surface area contributed by atoms with Crippen LogP contribution >= 0.6 is 22.9 Å². The molecule has 110 valence electrons. The lowest BCUT2D eigenvalue weighted by Gasteiger charge is -2.10. The molecule has 0 saturated carbocycles. The van der Waals surface area contributed by atoms with Crippen molar-refractivity contribution in [2.45, 2.75) is 25.3 Å². The van der Waals surface area contributed by atoms with Crippen molar-refractivity contribution in [1.29, 1.82) is 0 Å². The van der Waals surface area contributed by atoms with E-state index in [9.17, 15) is 0 Å². The summed E-state index contributed by atoms with van der Waals surface area (Å²) in [6.07, 6.45) is 0.983. The SMILES string of the molecule is COc1cccc2c1nc(C(C)Cl)n2CCc1cccs1. The molecule has 0 N–H and O–H groups in total. The van der Waals surface area contributed by atoms with Gasteiger partial charge in [-0.05, 0) is 36.9 Å². The van der Waals surface area contributed by atoms with Gasteiger partial charge in [-0.2, -0.15) is 0 Å². The number of benzene rings is 1. The van der Waals surface area contributed by atoms with Crippen molar-refractivity contribution in [3.63, 3.8) is 0 Å². The Hall–Kier alpha value is -1.52. The van der Waals surface area contributed by atoms with Crippen LogP contribution in [-0.2, 0) is 13.0 Å². The van der Waals surface area contributed by atoms with Gasteiger partial charge in [-0.15, -0.1) is 22.9 Å². The first kappa shape index (κ1) is 14.4. The van der Waals surface area contributed by atoms with Gasteiger partial charge in [0.05, 0.1) is 18.0 Å². The summed E-state index contributed by atoms with van der Waals surface area (Å²) in [7, 11) is 1.67. The second kappa shape index (κ2) is 6.08. The second-order valence-electron chi connectivity index (χ2n) is 4.90. The van der Waals surface area contributed by atoms with E-state index in [2.05, 4.69) is 28.1 Å². The van der Waals surface area contributed by atoms with Crippen molar-refractivity contribution in [1.82, 2.24) is 9.55 Å². The first-order chi connectivity index (χ1) is 10.2. The van der Waals surface area contributed by atoms with Crippen molar-refractivity contribution < 1.29 is 4.74 Å². The third-order valence-electron chi connectivity index (χ3n) is 3.51. The maximum absolute atomic E-state index is 6.31. The number of halogens is 1. The molecule has 0 bridgehead atoms. The number of ether oxygens (including phenoxy) is 1. The van der Waals surface area contributed by atoms with E-state index in [-0.39, 0.29) is 5.38 Å². The molecule has 0 aliphatic carbocycles. The maximum atomic E-state index is 6.31. The Balaban J connectivity index is 2.03. The highest BCUT2D eigenvalue weighted by Crippen LogP contribution is 2.30. The van der Waals surface area contributed by atoms with Gasteiger partial charge in [0.1, 0.15) is 17.1 Å². The molecular formula is C16H17ClN2OS. The molecule has 0 fully saturated rings. The normalized spacial score (nSPS) is 12.7. The van der Waals surface area contributed by atoms with E-state index in [1.807, 2.05) is 19.1 Å². The summed E-state index contributed by atoms with van der Waals surface area (Å²) in [5.41, 5.74) is 1.96. The average Bonchev–Trinajstić information content (AvgIpc) is 3.11. The lowest BCUT2D eigenvalue weighted by atomic mass is 10.2. The molecule has 3 rings (SSSR count). The minimum atomic E-state index is -0.134. The third-order valence-corrected chi connectivity index (χ3v) is 4.64. The first-order valence-corrected chi connectivity index (χ1v) is 8.22. The Morgan fingerprint density at radius 3 is 2.86 bits per heavy atom. The van der Waals surface area contributed by atoms with Crippen LogP contribution in [0.1, 0.15) is 23.0 Å². The van der Waals surface area contributed by atoms with Crippen LogP contribution in [0.15, 0.2) is 35.7 Å². The van der Waals surface area contributed by atoms with Crippen molar-refractivity contribution in [2.75, 3.05) is 7.11 Å². The Morgan fingerprint density at radius 2 is 2.19 bits per heavy atom. The van der Waals surface area contributed by atoms with Crippen molar-refractivity contribution >= 4 is 34.0 Å². The number of aromatic nitrogens is 2. The van der Waals surface area contributed by atoms with Crippen LogP contribution in [0.2, 0.25) is 0 Å². The van der Waals surface area contributed by atoms with Gasteiger partial charge >= 0.3 is 0 Å². The molecule has 2 aromatic heterocycles. The predicted octanol–water partition coefficient (Wildman–Crippen LogP) is 4.65. The molecule has 0 aliphatic rings. The van der Waals surface area contributed by atoms with Crippen LogP contribution in [0, 0.1) is 0 Å². The van der Waals surface area contributed by atoms with Gasteiger partial charge in [0.25, 0.3) is 0 Å². The molecule has 3 aromatic rings. The van der Waals surface area contributed by atoms with Crippen molar-refractivity contribution in [3.05, 3.63) is 46.4 Å². The molecule has 2 heterocycles. The highest BCUT2D eigenvalue weighted by Gasteiger charge is 2.17. The standard InChI is InChI=1S/C16H17ClN2OS/c1-11(17)16-18-15-13(6-3-7-14(15)20-2)19(16)9-8-12-5-4-10-21-12/h3-7,10-11H,8-9H2,1-2H3. The van der Waals surface area contributed by atoms with Gasteiger partial charge in [0.2, 0.25) is 0 Å². The highest BCUT2D eigenvalue weighted by atomic mass is 35.5. The molecule has 3 nitrogen and oxygen atoms in total. The summed E-state index contributed by atoms with van der Waals surface area (Å²) in [4.78, 5) is 6.06. The summed E-state index contributed by atoms with van der Waals surface area (Å²) < 4.78 is 7.61. The van der Waals surface area contributed by atoms with Crippen molar-refractivity contribution in [3.8, 4) is 5.75 Å². The van der Waals surface area contributed by atoms with Gasteiger partial charge < -0.3 is 9.30 Å². The van der Waals surface area contributed by atoms with Gasteiger partial charge in [0, 0.05) is 11.4 Å². The van der Waals surface area contributed by atoms with E-state index in [1.54, 1.807) is 18.4 Å². The molecular weight excluding hydrogens is 304 g/mol. The molecule has 0 amide bonds. The fourth-order valence-corrected chi connectivity index (χ4v) is 3.38. The van der Waals surface area contributed by atoms with E-state index in [0.29, 0.717) is 0 Å². The fourth-order valence-electron chi connectivity index (χ4n) is 2.52. The molecule has 0 spiro atoms. The van der Waals surface area contributed by atoms with Crippen LogP contribution in [-0.4, -0.2) is 16.7 Å². The second-order valence-corrected chi connectivity index (χ2v) is 6.58. The zero-order valence-corrected chi connectivity index (χ0v) is 13.6. The van der Waals surface area contributed by atoms with E-state index in [0.717, 1.165) is 35.6 Å². The van der Waals surface area contributed by atoms with Crippen LogP contribution in [0.3, 0.4) is 0 Å². The number of thiophene rings is 1. The summed E-state index contributed by atoms with van der Waals surface area (Å²) in [5, 5.41) is 1.97. The number of aryl methyl sites for hydroxylation is 2. The molecule has 1 unspecified atom stereocenters. The zero-order valence-electron chi connectivity index (χ0n) is 12.0. The molecule has 21 heavy (non-hydrogen) atoms. The Labute approximate surface area is 133 Å². The number of hydrogen-bond acceptors (Lipinski definition) is 3. The molecule has 0 radical (unpaired) electrons. The number of imidazole rings is 1. The first-order valence-electron chi connectivity index (χ1n) is 6.90. The quantitative estimate of drug-likeness (QED) is 0.640. The lowest BCUT2D eigenvalue weighted by Crippen LogP contribution is -2.06. The van der Waals surface area contributed by atoms with E-state index < -0.39 is 0 Å². The number of para-hydroxylation sites is 1. The number of alkyl halides is 1. The van der Waals surface area contributed by atoms with Gasteiger partial charge in [-0.25, -0.2) is 4.98 Å². The van der Waals surface area contributed by atoms with Crippen LogP contribution < -0.4 is 4.74 Å². The fraction of sp³-hybridized carbons (Fsp3) is 0.312. The van der Waals surface area contributed by atoms with E-state index in [4.69, 9.17) is 21.3 Å². The van der Waals surface area contributed by atoms with Crippen molar-refractivity contribution in [2.24, 2.45) is 0 Å². The van der Waals surface area contributed by atoms with E-state index in [1.165, 1.54) is 4.88 Å². The lowest BCUT2D eigenvalue weighted by molar-refractivity contribution is 0.419. The number of rotatable bonds is 5. The summed E-state index contributed by atoms with van der Waals surface area (Å²) in [6.45, 7) is 2.83. The van der Waals surface area contributed by atoms with Crippen LogP contribution in [0.25, 0.3) is 11.0 Å². The van der Waals surface area contributed by atoms with E-state index >= 15 is 0 Å². The van der Waals surface area contributed by atoms with Gasteiger partial charge in [0.15, 0.2) is 0 Å². The highest BCUT2D eigenvalue weighted by molar-refractivity contribution is 7.09. The molecule has 1 atom stereocenters. The molecule has 0 saturated heterocycles. The Kier molecular flexibility index (Phi) is 4.17. The summed E-state index contributed by atoms with van der Waals surface area (Å²) >= 11 is 8.10. The topological polar surface area (TPSA) is 27.1 Å². The van der Waals surface area contributed by atoms with Crippen LogP contribution in [0.5, 0.6) is 5.75 Å². The third kappa shape index (κ3) is 2.78. The predicted molar refractivity (Wildman–Crippen MR) is 88.6 cm³/mol. The van der Waals surface area contributed by atoms with Gasteiger partial charge in [-0.3, -0.25) is 0 Å². The number of methoxy groups -OCH3 is 1.